The molecule has 3 aromatic rings. The predicted molar refractivity (Wildman–Crippen MR) is 115 cm³/mol. The van der Waals surface area contributed by atoms with Gasteiger partial charge in [0.2, 0.25) is 5.91 Å². The average molecular weight is 413 g/mol. The molecule has 1 aliphatic heterocycles. The van der Waals surface area contributed by atoms with E-state index in [1.54, 1.807) is 11.3 Å². The van der Waals surface area contributed by atoms with Gasteiger partial charge >= 0.3 is 0 Å². The minimum absolute atomic E-state index is 0.0944. The van der Waals surface area contributed by atoms with Gasteiger partial charge in [-0.1, -0.05) is 35.4 Å². The summed E-state index contributed by atoms with van der Waals surface area (Å²) < 4.78 is 2.33. The smallest absolute Gasteiger partial charge is 0.246 e. The molecule has 2 atom stereocenters. The second-order valence-electron chi connectivity index (χ2n) is 7.49. The number of nitrogens with one attached hydrogen (secondary N) is 1. The van der Waals surface area contributed by atoms with Crippen LogP contribution in [0, 0.1) is 18.6 Å². The number of nitrogens with zero attached hydrogens (tertiary/aromatic N) is 3. The Kier molecular flexibility index (Phi) is 5.21. The van der Waals surface area contributed by atoms with E-state index in [-0.39, 0.29) is 11.9 Å². The van der Waals surface area contributed by atoms with E-state index in [1.165, 1.54) is 16.7 Å². The van der Waals surface area contributed by atoms with Gasteiger partial charge in [-0.15, -0.1) is 11.3 Å². The van der Waals surface area contributed by atoms with Gasteiger partial charge in [-0.25, -0.2) is 0 Å². The van der Waals surface area contributed by atoms with Crippen LogP contribution >= 0.6 is 23.6 Å². The number of amides is 1. The normalized spacial score (nSPS) is 17.8. The summed E-state index contributed by atoms with van der Waals surface area (Å²) in [5.41, 5.74) is 3.70. The minimum Gasteiger partial charge on any atom is -0.334 e. The maximum Gasteiger partial charge on any atom is 0.246 e. The molecule has 1 saturated heterocycles. The third-order valence-electron chi connectivity index (χ3n) is 5.36. The van der Waals surface area contributed by atoms with E-state index in [0.29, 0.717) is 4.77 Å². The van der Waals surface area contributed by atoms with Gasteiger partial charge in [0.05, 0.1) is 10.9 Å². The molecule has 146 valence electrons. The summed E-state index contributed by atoms with van der Waals surface area (Å²) in [5, 5.41) is 9.24. The van der Waals surface area contributed by atoms with Gasteiger partial charge in [-0.2, -0.15) is 5.10 Å². The van der Waals surface area contributed by atoms with Crippen molar-refractivity contribution >= 4 is 29.5 Å². The molecule has 1 fully saturated rings. The summed E-state index contributed by atoms with van der Waals surface area (Å²) >= 11 is 7.04. The standard InChI is InChI=1S/C21H24N4OS2/c1-13-10-14(2)12-16(11-13)17-6-4-8-24(17)20(26)15(3)25-19(22-23-21(25)27)18-7-5-9-28-18/h5,7,9-12,15,17H,4,6,8H2,1-3H3,(H,23,27). The minimum atomic E-state index is -0.408. The number of likely N-dealkylation sites (tertiary alicyclic amines) is 1. The molecule has 28 heavy (non-hydrogen) atoms. The van der Waals surface area contributed by atoms with Crippen LogP contribution in [-0.4, -0.2) is 32.1 Å². The Hall–Kier alpha value is -2.25. The first kappa shape index (κ1) is 19.1. The molecule has 0 saturated carbocycles. The van der Waals surface area contributed by atoms with Crippen LogP contribution in [0.1, 0.15) is 48.5 Å². The van der Waals surface area contributed by atoms with Crippen LogP contribution in [0.2, 0.25) is 0 Å². The van der Waals surface area contributed by atoms with Gasteiger partial charge in [0.15, 0.2) is 10.6 Å². The van der Waals surface area contributed by atoms with Crippen molar-refractivity contribution in [2.45, 2.75) is 45.7 Å². The number of H-pyrrole nitrogens is 1. The van der Waals surface area contributed by atoms with E-state index in [0.717, 1.165) is 30.1 Å². The molecule has 1 aliphatic rings. The van der Waals surface area contributed by atoms with Gasteiger partial charge in [0.1, 0.15) is 6.04 Å². The molecular weight excluding hydrogens is 388 g/mol. The fourth-order valence-electron chi connectivity index (χ4n) is 4.17. The highest BCUT2D eigenvalue weighted by atomic mass is 32.1. The van der Waals surface area contributed by atoms with Gasteiger partial charge in [-0.05, 0) is 62.8 Å². The Balaban J connectivity index is 1.66. The van der Waals surface area contributed by atoms with Crippen molar-refractivity contribution in [1.29, 1.82) is 0 Å². The lowest BCUT2D eigenvalue weighted by Crippen LogP contribution is -2.36. The van der Waals surface area contributed by atoms with Crippen molar-refractivity contribution in [2.24, 2.45) is 0 Å². The maximum atomic E-state index is 13.5. The summed E-state index contributed by atoms with van der Waals surface area (Å²) in [6, 6.07) is 10.3. The fourth-order valence-corrected chi connectivity index (χ4v) is 5.17. The molecule has 0 spiro atoms. The number of thiophene rings is 1. The lowest BCUT2D eigenvalue weighted by molar-refractivity contribution is -0.135. The van der Waals surface area contributed by atoms with E-state index < -0.39 is 6.04 Å². The van der Waals surface area contributed by atoms with E-state index in [2.05, 4.69) is 42.2 Å². The SMILES string of the molecule is Cc1cc(C)cc(C2CCCN2C(=O)C(C)n2c(-c3cccs3)n[nH]c2=S)c1. The number of hydrogen-bond donors (Lipinski definition) is 1. The Labute approximate surface area is 174 Å². The van der Waals surface area contributed by atoms with Crippen LogP contribution in [0.25, 0.3) is 10.7 Å². The Morgan fingerprint density at radius 3 is 2.75 bits per heavy atom. The molecule has 4 rings (SSSR count). The number of hydrogen-bond acceptors (Lipinski definition) is 4. The van der Waals surface area contributed by atoms with Crippen molar-refractivity contribution < 1.29 is 4.79 Å². The molecule has 1 amide bonds. The first-order valence-electron chi connectivity index (χ1n) is 9.55. The van der Waals surface area contributed by atoms with E-state index >= 15 is 0 Å². The maximum absolute atomic E-state index is 13.5. The third-order valence-corrected chi connectivity index (χ3v) is 6.51. The molecule has 7 heteroatoms. The second kappa shape index (κ2) is 7.64. The highest BCUT2D eigenvalue weighted by Gasteiger charge is 2.34. The predicted octanol–water partition coefficient (Wildman–Crippen LogP) is 5.21. The lowest BCUT2D eigenvalue weighted by Gasteiger charge is -2.29. The molecule has 2 aromatic heterocycles. The van der Waals surface area contributed by atoms with Gasteiger partial charge < -0.3 is 4.90 Å². The van der Waals surface area contributed by atoms with Crippen LogP contribution in [0.3, 0.4) is 0 Å². The zero-order valence-corrected chi connectivity index (χ0v) is 17.9. The largest absolute Gasteiger partial charge is 0.334 e. The number of benzene rings is 1. The third kappa shape index (κ3) is 3.44. The molecular formula is C21H24N4OS2. The summed E-state index contributed by atoms with van der Waals surface area (Å²) in [4.78, 5) is 16.5. The van der Waals surface area contributed by atoms with Gasteiger partial charge in [0, 0.05) is 6.54 Å². The number of carbonyl (C=O) groups excluding carboxylic acids is 1. The second-order valence-corrected chi connectivity index (χ2v) is 8.82. The van der Waals surface area contributed by atoms with Crippen molar-refractivity contribution in [3.8, 4) is 10.7 Å². The van der Waals surface area contributed by atoms with Crippen LogP contribution in [0.15, 0.2) is 35.7 Å². The monoisotopic (exact) mass is 412 g/mol. The first-order valence-corrected chi connectivity index (χ1v) is 10.8. The summed E-state index contributed by atoms with van der Waals surface area (Å²) in [7, 11) is 0. The topological polar surface area (TPSA) is 53.9 Å². The highest BCUT2D eigenvalue weighted by Crippen LogP contribution is 2.35. The quantitative estimate of drug-likeness (QED) is 0.599. The van der Waals surface area contributed by atoms with Crippen LogP contribution in [0.5, 0.6) is 0 Å². The van der Waals surface area contributed by atoms with Crippen LogP contribution in [-0.2, 0) is 4.79 Å². The summed E-state index contributed by atoms with van der Waals surface area (Å²) in [6.07, 6.45) is 2.01. The van der Waals surface area contributed by atoms with Crippen LogP contribution in [0.4, 0.5) is 0 Å². The molecule has 0 aliphatic carbocycles. The van der Waals surface area contributed by atoms with Crippen molar-refractivity contribution in [3.63, 3.8) is 0 Å². The van der Waals surface area contributed by atoms with Crippen molar-refractivity contribution in [1.82, 2.24) is 19.7 Å². The molecule has 0 radical (unpaired) electrons. The number of aromatic nitrogens is 3. The zero-order valence-electron chi connectivity index (χ0n) is 16.3. The van der Waals surface area contributed by atoms with E-state index in [1.807, 2.05) is 33.9 Å². The lowest BCUT2D eigenvalue weighted by atomic mass is 9.99. The fraction of sp³-hybridized carbons (Fsp3) is 0.381. The number of carbonyl (C=O) groups is 1. The number of aromatic amines is 1. The Morgan fingerprint density at radius 1 is 1.32 bits per heavy atom. The van der Waals surface area contributed by atoms with E-state index in [9.17, 15) is 4.79 Å². The number of aryl methyl sites for hydroxylation is 2. The molecule has 1 N–H and O–H groups in total. The molecule has 1 aromatic carbocycles. The first-order chi connectivity index (χ1) is 13.5. The summed E-state index contributed by atoms with van der Waals surface area (Å²) in [5.74, 6) is 0.819. The molecule has 3 heterocycles. The van der Waals surface area contributed by atoms with Crippen LogP contribution < -0.4 is 0 Å². The molecule has 0 bridgehead atoms. The summed E-state index contributed by atoms with van der Waals surface area (Å²) in [6.45, 7) is 6.92. The van der Waals surface area contributed by atoms with Gasteiger partial charge in [0.25, 0.3) is 0 Å². The van der Waals surface area contributed by atoms with Gasteiger partial charge in [-0.3, -0.25) is 14.5 Å². The molecule has 5 nitrogen and oxygen atoms in total. The number of rotatable bonds is 4. The highest BCUT2D eigenvalue weighted by molar-refractivity contribution is 7.71. The van der Waals surface area contributed by atoms with Crippen molar-refractivity contribution in [3.05, 3.63) is 57.2 Å². The Bertz CT molecular complexity index is 1030. The van der Waals surface area contributed by atoms with E-state index in [4.69, 9.17) is 12.2 Å². The Morgan fingerprint density at radius 2 is 2.07 bits per heavy atom. The average Bonchev–Trinajstić information content (AvgIpc) is 3.39. The molecule has 2 unspecified atom stereocenters. The zero-order chi connectivity index (χ0) is 19.8. The van der Waals surface area contributed by atoms with Crippen molar-refractivity contribution in [2.75, 3.05) is 6.54 Å².